The van der Waals surface area contributed by atoms with E-state index in [1.807, 2.05) is 0 Å². The molecule has 0 aliphatic carbocycles. The zero-order chi connectivity index (χ0) is 20.6. The summed E-state index contributed by atoms with van der Waals surface area (Å²) in [5, 5.41) is 4.05. The second-order valence-corrected chi connectivity index (χ2v) is 9.52. The van der Waals surface area contributed by atoms with Crippen LogP contribution in [0.4, 0.5) is 5.69 Å². The van der Waals surface area contributed by atoms with Crippen LogP contribution in [-0.4, -0.2) is 33.2 Å². The van der Waals surface area contributed by atoms with E-state index in [1.54, 1.807) is 53.5 Å². The van der Waals surface area contributed by atoms with E-state index < -0.39 is 10.0 Å². The number of benzene rings is 2. The molecular weight excluding hydrogens is 388 g/mol. The van der Waals surface area contributed by atoms with Crippen LogP contribution in [0.1, 0.15) is 32.2 Å². The number of hydrogen-bond acceptors (Lipinski definition) is 5. The number of rotatable bonds is 5. The fraction of sp³-hybridized carbons (Fsp3) is 0.250. The zero-order valence-corrected chi connectivity index (χ0v) is 17.2. The minimum Gasteiger partial charge on any atom is -0.341 e. The first-order valence-corrected chi connectivity index (χ1v) is 10.6. The van der Waals surface area contributed by atoms with Crippen molar-refractivity contribution in [2.24, 2.45) is 0 Å². The number of hydrogen-bond donors (Lipinski definition) is 2. The molecule has 0 aliphatic rings. The summed E-state index contributed by atoms with van der Waals surface area (Å²) in [6.45, 7) is 6.52. The highest BCUT2D eigenvalue weighted by atomic mass is 32.2. The van der Waals surface area contributed by atoms with Gasteiger partial charge in [0.05, 0.1) is 28.2 Å². The van der Waals surface area contributed by atoms with Gasteiger partial charge in [0.25, 0.3) is 10.0 Å². The highest BCUT2D eigenvalue weighted by molar-refractivity contribution is 7.92. The first kappa shape index (κ1) is 19.1. The van der Waals surface area contributed by atoms with Gasteiger partial charge in [-0.15, -0.1) is 0 Å². The molecule has 0 fully saturated rings. The number of fused-ring (bicyclic) bond motifs is 1. The Morgan fingerprint density at radius 1 is 1.14 bits per heavy atom. The van der Waals surface area contributed by atoms with Gasteiger partial charge in [-0.05, 0) is 29.8 Å². The van der Waals surface area contributed by atoms with Gasteiger partial charge in [-0.1, -0.05) is 39.0 Å². The molecule has 4 rings (SSSR count). The number of nitrogens with zero attached hydrogens (tertiary/aromatic N) is 4. The Bertz CT molecular complexity index is 1250. The lowest BCUT2D eigenvalue weighted by Gasteiger charge is -2.13. The van der Waals surface area contributed by atoms with Crippen LogP contribution in [0.3, 0.4) is 0 Å². The fourth-order valence-electron chi connectivity index (χ4n) is 3.02. The quantitative estimate of drug-likeness (QED) is 0.525. The molecule has 2 heterocycles. The van der Waals surface area contributed by atoms with Crippen molar-refractivity contribution in [2.75, 3.05) is 4.72 Å². The molecule has 0 bridgehead atoms. The molecule has 150 valence electrons. The number of aromatic nitrogens is 5. The van der Waals surface area contributed by atoms with E-state index in [-0.39, 0.29) is 10.3 Å². The molecule has 0 unspecified atom stereocenters. The van der Waals surface area contributed by atoms with Gasteiger partial charge in [0.15, 0.2) is 0 Å². The topological polar surface area (TPSA) is 106 Å². The Labute approximate surface area is 169 Å². The number of sulfonamides is 1. The van der Waals surface area contributed by atoms with Crippen molar-refractivity contribution in [1.29, 1.82) is 0 Å². The minimum absolute atomic E-state index is 0.126. The minimum atomic E-state index is -3.78. The Kier molecular flexibility index (Phi) is 4.62. The molecule has 2 N–H and O–H groups in total. The van der Waals surface area contributed by atoms with E-state index in [2.05, 4.69) is 45.5 Å². The van der Waals surface area contributed by atoms with E-state index in [0.717, 1.165) is 16.9 Å². The number of nitrogens with one attached hydrogen (secondary N) is 2. The predicted molar refractivity (Wildman–Crippen MR) is 111 cm³/mol. The maximum atomic E-state index is 13.1. The molecule has 0 aliphatic heterocycles. The van der Waals surface area contributed by atoms with Gasteiger partial charge < -0.3 is 4.98 Å². The van der Waals surface area contributed by atoms with Crippen LogP contribution < -0.4 is 4.72 Å². The molecular formula is C20H22N6O2S. The maximum Gasteiger partial charge on any atom is 0.262 e. The first-order chi connectivity index (χ1) is 13.7. The number of imidazole rings is 1. The van der Waals surface area contributed by atoms with Gasteiger partial charge in [0.1, 0.15) is 18.5 Å². The molecule has 29 heavy (non-hydrogen) atoms. The molecule has 8 nitrogen and oxygen atoms in total. The largest absolute Gasteiger partial charge is 0.341 e. The van der Waals surface area contributed by atoms with Gasteiger partial charge in [-0.25, -0.2) is 23.1 Å². The molecule has 0 saturated carbocycles. The van der Waals surface area contributed by atoms with Crippen molar-refractivity contribution >= 4 is 26.7 Å². The van der Waals surface area contributed by atoms with Crippen LogP contribution in [-0.2, 0) is 22.0 Å². The standard InChI is InChI=1S/C20H22N6O2S/c1-20(2,3)19-23-16-9-8-15(10-17(16)24-19)25-29(27,28)18-7-5-4-6-14(18)11-26-13-21-12-22-26/h4-10,12-13,25H,11H2,1-3H3,(H,23,24). The summed E-state index contributed by atoms with van der Waals surface area (Å²) in [6, 6.07) is 12.1. The van der Waals surface area contributed by atoms with Crippen LogP contribution in [0, 0.1) is 0 Å². The van der Waals surface area contributed by atoms with Crippen molar-refractivity contribution in [3.63, 3.8) is 0 Å². The summed E-state index contributed by atoms with van der Waals surface area (Å²) < 4.78 is 30.4. The lowest BCUT2D eigenvalue weighted by molar-refractivity contribution is 0.554. The smallest absolute Gasteiger partial charge is 0.262 e. The van der Waals surface area contributed by atoms with E-state index in [1.165, 1.54) is 6.33 Å². The lowest BCUT2D eigenvalue weighted by Crippen LogP contribution is -2.16. The Morgan fingerprint density at radius 2 is 1.93 bits per heavy atom. The van der Waals surface area contributed by atoms with Crippen LogP contribution in [0.15, 0.2) is 60.0 Å². The summed E-state index contributed by atoms with van der Waals surface area (Å²) in [6.07, 6.45) is 2.97. The maximum absolute atomic E-state index is 13.1. The lowest BCUT2D eigenvalue weighted by atomic mass is 9.96. The van der Waals surface area contributed by atoms with Crippen molar-refractivity contribution in [3.05, 3.63) is 66.5 Å². The van der Waals surface area contributed by atoms with Gasteiger partial charge in [0.2, 0.25) is 0 Å². The highest BCUT2D eigenvalue weighted by Gasteiger charge is 2.21. The van der Waals surface area contributed by atoms with Crippen LogP contribution in [0.25, 0.3) is 11.0 Å². The molecule has 9 heteroatoms. The van der Waals surface area contributed by atoms with E-state index in [9.17, 15) is 8.42 Å². The van der Waals surface area contributed by atoms with Crippen LogP contribution in [0.5, 0.6) is 0 Å². The second-order valence-electron chi connectivity index (χ2n) is 7.87. The molecule has 0 saturated heterocycles. The Balaban J connectivity index is 1.65. The van der Waals surface area contributed by atoms with Gasteiger partial charge >= 0.3 is 0 Å². The zero-order valence-electron chi connectivity index (χ0n) is 16.4. The van der Waals surface area contributed by atoms with Gasteiger partial charge in [-0.2, -0.15) is 5.10 Å². The Hall–Kier alpha value is -3.20. The van der Waals surface area contributed by atoms with E-state index in [4.69, 9.17) is 0 Å². The van der Waals surface area contributed by atoms with Crippen LogP contribution >= 0.6 is 0 Å². The molecule has 2 aromatic carbocycles. The summed E-state index contributed by atoms with van der Waals surface area (Å²) in [7, 11) is -3.78. The van der Waals surface area contributed by atoms with E-state index in [0.29, 0.717) is 17.8 Å². The van der Waals surface area contributed by atoms with Gasteiger partial charge in [-0.3, -0.25) is 4.72 Å². The van der Waals surface area contributed by atoms with Crippen LogP contribution in [0.2, 0.25) is 0 Å². The Morgan fingerprint density at radius 3 is 2.66 bits per heavy atom. The van der Waals surface area contributed by atoms with Crippen molar-refractivity contribution in [2.45, 2.75) is 37.6 Å². The average molecular weight is 411 g/mol. The first-order valence-electron chi connectivity index (χ1n) is 9.16. The normalized spacial score (nSPS) is 12.4. The van der Waals surface area contributed by atoms with Gasteiger partial charge in [0, 0.05) is 5.41 Å². The highest BCUT2D eigenvalue weighted by Crippen LogP contribution is 2.26. The summed E-state index contributed by atoms with van der Waals surface area (Å²) in [5.41, 5.74) is 2.55. The third-order valence-electron chi connectivity index (χ3n) is 4.51. The van der Waals surface area contributed by atoms with Crippen molar-refractivity contribution in [1.82, 2.24) is 24.7 Å². The third-order valence-corrected chi connectivity index (χ3v) is 5.99. The number of anilines is 1. The molecule has 0 radical (unpaired) electrons. The number of aromatic amines is 1. The molecule has 4 aromatic rings. The summed E-state index contributed by atoms with van der Waals surface area (Å²) in [5.74, 6) is 0.852. The van der Waals surface area contributed by atoms with Crippen molar-refractivity contribution < 1.29 is 8.42 Å². The summed E-state index contributed by atoms with van der Waals surface area (Å²) >= 11 is 0. The van der Waals surface area contributed by atoms with Crippen molar-refractivity contribution in [3.8, 4) is 0 Å². The third kappa shape index (κ3) is 4.00. The SMILES string of the molecule is CC(C)(C)c1nc2ccc(NS(=O)(=O)c3ccccc3Cn3cncn3)cc2[nH]1. The average Bonchev–Trinajstić information content (AvgIpc) is 3.30. The monoisotopic (exact) mass is 410 g/mol. The second kappa shape index (κ2) is 7.00. The fourth-order valence-corrected chi connectivity index (χ4v) is 4.31. The molecule has 0 spiro atoms. The molecule has 0 amide bonds. The molecule has 2 aromatic heterocycles. The predicted octanol–water partition coefficient (Wildman–Crippen LogP) is 3.30. The summed E-state index contributed by atoms with van der Waals surface area (Å²) in [4.78, 5) is 12.0. The number of H-pyrrole nitrogens is 1. The molecule has 0 atom stereocenters. The van der Waals surface area contributed by atoms with E-state index >= 15 is 0 Å².